The fourth-order valence-electron chi connectivity index (χ4n) is 1.41. The minimum Gasteiger partial charge on any atom is -0.231 e. The van der Waals surface area contributed by atoms with Crippen molar-refractivity contribution in [3.63, 3.8) is 0 Å². The average Bonchev–Trinajstić information content (AvgIpc) is 2.71. The second kappa shape index (κ2) is 5.65. The minimum atomic E-state index is 0.447. The predicted molar refractivity (Wildman–Crippen MR) is 77.1 cm³/mol. The van der Waals surface area contributed by atoms with Gasteiger partial charge in [0.2, 0.25) is 0 Å². The Morgan fingerprint density at radius 1 is 1.35 bits per heavy atom. The van der Waals surface area contributed by atoms with Crippen LogP contribution in [0.1, 0.15) is 19.0 Å². The lowest BCUT2D eigenvalue weighted by Crippen LogP contribution is -1.97. The van der Waals surface area contributed by atoms with E-state index in [4.69, 9.17) is 23.2 Å². The molecule has 17 heavy (non-hydrogen) atoms. The first kappa shape index (κ1) is 13.3. The Morgan fingerprint density at radius 2 is 2.12 bits per heavy atom. The van der Waals surface area contributed by atoms with E-state index in [2.05, 4.69) is 32.8 Å². The van der Waals surface area contributed by atoms with Gasteiger partial charge in [-0.15, -0.1) is 11.3 Å². The number of rotatable bonds is 3. The van der Waals surface area contributed by atoms with E-state index in [-0.39, 0.29) is 0 Å². The molecule has 6 heteroatoms. The van der Waals surface area contributed by atoms with Gasteiger partial charge in [-0.3, -0.25) is 0 Å². The van der Waals surface area contributed by atoms with Crippen LogP contribution < -0.4 is 0 Å². The van der Waals surface area contributed by atoms with E-state index in [9.17, 15) is 0 Å². The van der Waals surface area contributed by atoms with E-state index in [1.54, 1.807) is 0 Å². The summed E-state index contributed by atoms with van der Waals surface area (Å²) in [6.07, 6.45) is 1.88. The smallest absolute Gasteiger partial charge is 0.171 e. The van der Waals surface area contributed by atoms with Crippen LogP contribution in [0.25, 0.3) is 10.7 Å². The van der Waals surface area contributed by atoms with E-state index in [1.807, 2.05) is 11.4 Å². The number of nitrogens with zero attached hydrogens (tertiary/aromatic N) is 2. The maximum absolute atomic E-state index is 6.09. The molecule has 2 rings (SSSR count). The summed E-state index contributed by atoms with van der Waals surface area (Å²) in [5.41, 5.74) is 0.937. The van der Waals surface area contributed by atoms with Gasteiger partial charge in [0.25, 0.3) is 0 Å². The first-order valence-corrected chi connectivity index (χ1v) is 7.51. The lowest BCUT2D eigenvalue weighted by atomic mass is 10.2. The fraction of sp³-hybridized carbons (Fsp3) is 0.273. The summed E-state index contributed by atoms with van der Waals surface area (Å²) in [5.74, 6) is 0.638. The zero-order valence-electron chi connectivity index (χ0n) is 9.01. The largest absolute Gasteiger partial charge is 0.231 e. The predicted octanol–water partition coefficient (Wildman–Crippen LogP) is 5.23. The van der Waals surface area contributed by atoms with Crippen molar-refractivity contribution in [2.45, 2.75) is 19.8 Å². The third-order valence-corrected chi connectivity index (χ3v) is 4.76. The molecule has 0 aromatic carbocycles. The van der Waals surface area contributed by atoms with Gasteiger partial charge in [-0.1, -0.05) is 36.5 Å². The quantitative estimate of drug-likeness (QED) is 0.708. The number of thiophene rings is 1. The highest BCUT2D eigenvalue weighted by molar-refractivity contribution is 9.10. The van der Waals surface area contributed by atoms with Crippen LogP contribution >= 0.6 is 50.5 Å². The van der Waals surface area contributed by atoms with Crippen LogP contribution in [0.2, 0.25) is 10.2 Å². The molecule has 0 bridgehead atoms. The number of halogens is 3. The van der Waals surface area contributed by atoms with Gasteiger partial charge in [0, 0.05) is 5.38 Å². The molecule has 0 aliphatic carbocycles. The summed E-state index contributed by atoms with van der Waals surface area (Å²) in [6.45, 7) is 2.10. The number of hydrogen-bond donors (Lipinski definition) is 0. The van der Waals surface area contributed by atoms with Crippen LogP contribution in [0.4, 0.5) is 0 Å². The lowest BCUT2D eigenvalue weighted by molar-refractivity contribution is 0.868. The first-order chi connectivity index (χ1) is 8.11. The normalized spacial score (nSPS) is 10.8. The Labute approximate surface area is 122 Å². The van der Waals surface area contributed by atoms with Crippen molar-refractivity contribution in [1.82, 2.24) is 9.97 Å². The van der Waals surface area contributed by atoms with Gasteiger partial charge >= 0.3 is 0 Å². The van der Waals surface area contributed by atoms with Gasteiger partial charge in [0.1, 0.15) is 5.15 Å². The fourth-order valence-corrected chi connectivity index (χ4v) is 2.98. The Kier molecular flexibility index (Phi) is 4.42. The Balaban J connectivity index is 2.48. The molecule has 0 atom stereocenters. The van der Waals surface area contributed by atoms with E-state index in [0.29, 0.717) is 16.0 Å². The maximum Gasteiger partial charge on any atom is 0.171 e. The van der Waals surface area contributed by atoms with E-state index in [0.717, 1.165) is 27.9 Å². The van der Waals surface area contributed by atoms with E-state index in [1.165, 1.54) is 11.3 Å². The Morgan fingerprint density at radius 3 is 2.71 bits per heavy atom. The van der Waals surface area contributed by atoms with Crippen molar-refractivity contribution in [1.29, 1.82) is 0 Å². The monoisotopic (exact) mass is 350 g/mol. The van der Waals surface area contributed by atoms with Crippen molar-refractivity contribution in [2.24, 2.45) is 0 Å². The summed E-state index contributed by atoms with van der Waals surface area (Å²) >= 11 is 16.9. The van der Waals surface area contributed by atoms with Crippen LogP contribution in [-0.4, -0.2) is 9.97 Å². The highest BCUT2D eigenvalue weighted by atomic mass is 79.9. The molecule has 0 fully saturated rings. The molecule has 0 unspecified atom stereocenters. The standard InChI is InChI=1S/C11H9BrCl2N2S/c1-2-3-7-9(12)10(14)16-11(15-7)8-4-6(13)5-17-8/h4-5H,2-3H2,1H3. The van der Waals surface area contributed by atoms with Crippen molar-refractivity contribution in [3.05, 3.63) is 31.8 Å². The third-order valence-electron chi connectivity index (χ3n) is 2.15. The zero-order valence-corrected chi connectivity index (χ0v) is 12.9. The van der Waals surface area contributed by atoms with E-state index < -0.39 is 0 Å². The molecule has 0 aliphatic heterocycles. The number of aromatic nitrogens is 2. The molecule has 2 aromatic rings. The molecule has 2 nitrogen and oxygen atoms in total. The number of aryl methyl sites for hydroxylation is 1. The highest BCUT2D eigenvalue weighted by Gasteiger charge is 2.12. The molecule has 0 radical (unpaired) electrons. The molecule has 0 aliphatic rings. The Hall–Kier alpha value is -0.160. The molecule has 90 valence electrons. The molecule has 0 spiro atoms. The van der Waals surface area contributed by atoms with Gasteiger partial charge in [0.05, 0.1) is 20.1 Å². The van der Waals surface area contributed by atoms with Crippen molar-refractivity contribution in [3.8, 4) is 10.7 Å². The SMILES string of the molecule is CCCc1nc(-c2cc(Cl)cs2)nc(Cl)c1Br. The maximum atomic E-state index is 6.09. The molecular weight excluding hydrogens is 343 g/mol. The average molecular weight is 352 g/mol. The van der Waals surface area contributed by atoms with Gasteiger partial charge in [-0.25, -0.2) is 9.97 Å². The molecule has 2 aromatic heterocycles. The topological polar surface area (TPSA) is 25.8 Å². The minimum absolute atomic E-state index is 0.447. The van der Waals surface area contributed by atoms with Gasteiger partial charge in [-0.05, 0) is 28.4 Å². The number of hydrogen-bond acceptors (Lipinski definition) is 3. The first-order valence-electron chi connectivity index (χ1n) is 5.08. The van der Waals surface area contributed by atoms with Crippen LogP contribution in [-0.2, 0) is 6.42 Å². The van der Waals surface area contributed by atoms with Crippen molar-refractivity contribution >= 4 is 50.5 Å². The molecule has 0 saturated heterocycles. The molecular formula is C11H9BrCl2N2S. The summed E-state index contributed by atoms with van der Waals surface area (Å²) < 4.78 is 0.785. The second-order valence-electron chi connectivity index (χ2n) is 3.48. The van der Waals surface area contributed by atoms with E-state index >= 15 is 0 Å². The lowest BCUT2D eigenvalue weighted by Gasteiger charge is -2.05. The molecule has 0 saturated carbocycles. The summed E-state index contributed by atoms with van der Waals surface area (Å²) in [4.78, 5) is 9.71. The van der Waals surface area contributed by atoms with Crippen molar-refractivity contribution in [2.75, 3.05) is 0 Å². The summed E-state index contributed by atoms with van der Waals surface area (Å²) in [7, 11) is 0. The molecule has 0 amide bonds. The van der Waals surface area contributed by atoms with Crippen molar-refractivity contribution < 1.29 is 0 Å². The Bertz CT molecular complexity index is 542. The van der Waals surface area contributed by atoms with Crippen LogP contribution in [0.15, 0.2) is 15.9 Å². The van der Waals surface area contributed by atoms with Crippen LogP contribution in [0, 0.1) is 0 Å². The molecule has 2 heterocycles. The zero-order chi connectivity index (χ0) is 12.4. The molecule has 0 N–H and O–H groups in total. The second-order valence-corrected chi connectivity index (χ2v) is 5.98. The summed E-state index contributed by atoms with van der Waals surface area (Å²) in [5, 5.41) is 3.00. The highest BCUT2D eigenvalue weighted by Crippen LogP contribution is 2.31. The van der Waals surface area contributed by atoms with Gasteiger partial charge in [-0.2, -0.15) is 0 Å². The van der Waals surface area contributed by atoms with Gasteiger partial charge in [0.15, 0.2) is 5.82 Å². The summed E-state index contributed by atoms with van der Waals surface area (Å²) in [6, 6.07) is 1.85. The van der Waals surface area contributed by atoms with Gasteiger partial charge < -0.3 is 0 Å². The third kappa shape index (κ3) is 2.99. The van der Waals surface area contributed by atoms with Crippen LogP contribution in [0.5, 0.6) is 0 Å². The van der Waals surface area contributed by atoms with Crippen LogP contribution in [0.3, 0.4) is 0 Å².